The first kappa shape index (κ1) is 10.0. The third kappa shape index (κ3) is 1.96. The minimum Gasteiger partial charge on any atom is -0.493 e. The van der Waals surface area contributed by atoms with Crippen molar-refractivity contribution in [2.24, 2.45) is 0 Å². The van der Waals surface area contributed by atoms with Crippen molar-refractivity contribution >= 4 is 11.6 Å². The number of rotatable bonds is 1. The molecule has 1 aromatic carbocycles. The zero-order valence-electron chi connectivity index (χ0n) is 9.09. The van der Waals surface area contributed by atoms with Crippen molar-refractivity contribution in [1.82, 2.24) is 0 Å². The van der Waals surface area contributed by atoms with Crippen LogP contribution in [0.5, 0.6) is 5.75 Å². The van der Waals surface area contributed by atoms with Crippen molar-refractivity contribution in [3.05, 3.63) is 23.3 Å². The molecule has 0 aromatic heterocycles. The Morgan fingerprint density at radius 1 is 1.47 bits per heavy atom. The zero-order chi connectivity index (χ0) is 10.8. The molecule has 0 saturated carbocycles. The number of benzene rings is 1. The molecule has 1 amide bonds. The van der Waals surface area contributed by atoms with Gasteiger partial charge in [0.15, 0.2) is 0 Å². The van der Waals surface area contributed by atoms with Crippen LogP contribution >= 0.6 is 0 Å². The fourth-order valence-corrected chi connectivity index (χ4v) is 1.92. The maximum atomic E-state index is 11.0. The van der Waals surface area contributed by atoms with Crippen molar-refractivity contribution < 1.29 is 9.53 Å². The Labute approximate surface area is 89.4 Å². The number of anilines is 1. The van der Waals surface area contributed by atoms with E-state index in [0.29, 0.717) is 0 Å². The van der Waals surface area contributed by atoms with Crippen molar-refractivity contribution in [2.75, 3.05) is 11.9 Å². The van der Waals surface area contributed by atoms with E-state index < -0.39 is 0 Å². The van der Waals surface area contributed by atoms with E-state index >= 15 is 0 Å². The molecule has 15 heavy (non-hydrogen) atoms. The normalized spacial score (nSPS) is 14.0. The average molecular weight is 205 g/mol. The van der Waals surface area contributed by atoms with Crippen LogP contribution in [0.3, 0.4) is 0 Å². The van der Waals surface area contributed by atoms with Crippen molar-refractivity contribution in [3.8, 4) is 5.75 Å². The van der Waals surface area contributed by atoms with Crippen LogP contribution in [0, 0.1) is 6.92 Å². The number of hydrogen-bond donors (Lipinski definition) is 1. The van der Waals surface area contributed by atoms with Gasteiger partial charge in [0.1, 0.15) is 5.75 Å². The van der Waals surface area contributed by atoms with Crippen LogP contribution in [0.1, 0.15) is 24.5 Å². The maximum Gasteiger partial charge on any atom is 0.221 e. The average Bonchev–Trinajstić information content (AvgIpc) is 2.22. The van der Waals surface area contributed by atoms with Crippen LogP contribution in [-0.4, -0.2) is 12.5 Å². The maximum absolute atomic E-state index is 11.0. The molecule has 1 aromatic rings. The highest BCUT2D eigenvalue weighted by Gasteiger charge is 2.16. The predicted octanol–water partition coefficient (Wildman–Crippen LogP) is 2.28. The molecule has 0 unspecified atom stereocenters. The van der Waals surface area contributed by atoms with E-state index in [1.807, 2.05) is 19.1 Å². The summed E-state index contributed by atoms with van der Waals surface area (Å²) in [6.45, 7) is 4.33. The number of ether oxygens (including phenoxy) is 1. The monoisotopic (exact) mass is 205 g/mol. The number of aryl methyl sites for hydroxylation is 1. The third-order valence-electron chi connectivity index (χ3n) is 2.59. The first-order chi connectivity index (χ1) is 7.18. The summed E-state index contributed by atoms with van der Waals surface area (Å²) in [5.41, 5.74) is 3.16. The molecule has 80 valence electrons. The Balaban J connectivity index is 2.43. The summed E-state index contributed by atoms with van der Waals surface area (Å²) in [6, 6.07) is 3.93. The van der Waals surface area contributed by atoms with Crippen LogP contribution in [0.4, 0.5) is 5.69 Å². The van der Waals surface area contributed by atoms with E-state index in [2.05, 4.69) is 5.32 Å². The first-order valence-electron chi connectivity index (χ1n) is 5.21. The lowest BCUT2D eigenvalue weighted by Gasteiger charge is -2.22. The highest BCUT2D eigenvalue weighted by molar-refractivity contribution is 5.90. The van der Waals surface area contributed by atoms with Gasteiger partial charge in [0.05, 0.1) is 6.61 Å². The second kappa shape index (κ2) is 3.93. The van der Waals surface area contributed by atoms with Gasteiger partial charge < -0.3 is 10.1 Å². The molecule has 0 atom stereocenters. The Morgan fingerprint density at radius 3 is 3.00 bits per heavy atom. The van der Waals surface area contributed by atoms with Gasteiger partial charge in [-0.15, -0.1) is 0 Å². The van der Waals surface area contributed by atoms with Gasteiger partial charge in [0, 0.05) is 18.2 Å². The summed E-state index contributed by atoms with van der Waals surface area (Å²) in [5, 5.41) is 2.84. The van der Waals surface area contributed by atoms with Gasteiger partial charge in [-0.3, -0.25) is 4.79 Å². The SMILES string of the molecule is CC(=O)Nc1ccc(C)c2c1CCCO2. The Hall–Kier alpha value is -1.51. The van der Waals surface area contributed by atoms with Crippen LogP contribution < -0.4 is 10.1 Å². The van der Waals surface area contributed by atoms with Crippen LogP contribution in [0.2, 0.25) is 0 Å². The molecule has 0 fully saturated rings. The minimum atomic E-state index is -0.0355. The summed E-state index contributed by atoms with van der Waals surface area (Å²) in [6.07, 6.45) is 2.00. The van der Waals surface area contributed by atoms with Gasteiger partial charge >= 0.3 is 0 Å². The molecule has 1 aliphatic rings. The van der Waals surface area contributed by atoms with Crippen LogP contribution in [0.25, 0.3) is 0 Å². The number of nitrogens with one attached hydrogen (secondary N) is 1. The molecule has 0 bridgehead atoms. The van der Waals surface area contributed by atoms with Gasteiger partial charge in [-0.05, 0) is 31.4 Å². The standard InChI is InChI=1S/C12H15NO2/c1-8-5-6-11(13-9(2)14)10-4-3-7-15-12(8)10/h5-6H,3-4,7H2,1-2H3,(H,13,14). The van der Waals surface area contributed by atoms with E-state index in [4.69, 9.17) is 4.74 Å². The van der Waals surface area contributed by atoms with E-state index in [0.717, 1.165) is 42.0 Å². The van der Waals surface area contributed by atoms with Gasteiger partial charge in [-0.1, -0.05) is 6.07 Å². The largest absolute Gasteiger partial charge is 0.493 e. The molecule has 1 N–H and O–H groups in total. The predicted molar refractivity (Wildman–Crippen MR) is 59.3 cm³/mol. The smallest absolute Gasteiger partial charge is 0.221 e. The second-order valence-electron chi connectivity index (χ2n) is 3.87. The fraction of sp³-hybridized carbons (Fsp3) is 0.417. The topological polar surface area (TPSA) is 38.3 Å². The highest BCUT2D eigenvalue weighted by Crippen LogP contribution is 2.34. The molecule has 3 nitrogen and oxygen atoms in total. The molecular weight excluding hydrogens is 190 g/mol. The van der Waals surface area contributed by atoms with Gasteiger partial charge in [-0.2, -0.15) is 0 Å². The van der Waals surface area contributed by atoms with E-state index in [1.165, 1.54) is 6.92 Å². The lowest BCUT2D eigenvalue weighted by molar-refractivity contribution is -0.114. The fourth-order valence-electron chi connectivity index (χ4n) is 1.92. The second-order valence-corrected chi connectivity index (χ2v) is 3.87. The van der Waals surface area contributed by atoms with Gasteiger partial charge in [0.25, 0.3) is 0 Å². The molecule has 0 radical (unpaired) electrons. The highest BCUT2D eigenvalue weighted by atomic mass is 16.5. The number of carbonyl (C=O) groups is 1. The number of amides is 1. The van der Waals surface area contributed by atoms with E-state index in [1.54, 1.807) is 0 Å². The summed E-state index contributed by atoms with van der Waals surface area (Å²) in [5.74, 6) is 0.916. The molecule has 0 spiro atoms. The lowest BCUT2D eigenvalue weighted by Crippen LogP contribution is -2.14. The third-order valence-corrected chi connectivity index (χ3v) is 2.59. The summed E-state index contributed by atoms with van der Waals surface area (Å²) < 4.78 is 5.63. The minimum absolute atomic E-state index is 0.0355. The van der Waals surface area contributed by atoms with E-state index in [-0.39, 0.29) is 5.91 Å². The Bertz CT molecular complexity index is 399. The molecular formula is C12H15NO2. The van der Waals surface area contributed by atoms with Crippen molar-refractivity contribution in [3.63, 3.8) is 0 Å². The lowest BCUT2D eigenvalue weighted by atomic mass is 10.0. The van der Waals surface area contributed by atoms with Gasteiger partial charge in [-0.25, -0.2) is 0 Å². The van der Waals surface area contributed by atoms with Crippen molar-refractivity contribution in [1.29, 1.82) is 0 Å². The molecule has 0 aliphatic carbocycles. The Morgan fingerprint density at radius 2 is 2.27 bits per heavy atom. The summed E-state index contributed by atoms with van der Waals surface area (Å²) in [7, 11) is 0. The van der Waals surface area contributed by atoms with Crippen molar-refractivity contribution in [2.45, 2.75) is 26.7 Å². The molecule has 1 aliphatic heterocycles. The van der Waals surface area contributed by atoms with E-state index in [9.17, 15) is 4.79 Å². The van der Waals surface area contributed by atoms with Gasteiger partial charge in [0.2, 0.25) is 5.91 Å². The van der Waals surface area contributed by atoms with Crippen LogP contribution in [0.15, 0.2) is 12.1 Å². The molecule has 2 rings (SSSR count). The number of carbonyl (C=O) groups excluding carboxylic acids is 1. The number of fused-ring (bicyclic) bond motifs is 1. The quantitative estimate of drug-likeness (QED) is 0.763. The number of hydrogen-bond acceptors (Lipinski definition) is 2. The first-order valence-corrected chi connectivity index (χ1v) is 5.21. The molecule has 0 saturated heterocycles. The van der Waals surface area contributed by atoms with Crippen LogP contribution in [-0.2, 0) is 11.2 Å². The summed E-state index contributed by atoms with van der Waals surface area (Å²) in [4.78, 5) is 11.0. The molecule has 1 heterocycles. The zero-order valence-corrected chi connectivity index (χ0v) is 9.09. The molecule has 3 heteroatoms. The Kier molecular flexibility index (Phi) is 2.62. The summed E-state index contributed by atoms with van der Waals surface area (Å²) >= 11 is 0.